The van der Waals surface area contributed by atoms with Gasteiger partial charge in [-0.1, -0.05) is 0 Å². The van der Waals surface area contributed by atoms with Crippen molar-refractivity contribution in [1.82, 2.24) is 9.97 Å². The molecule has 0 atom stereocenters. The molecule has 1 aromatic rings. The quantitative estimate of drug-likeness (QED) is 0.326. The molecule has 6 N–H and O–H groups in total. The Balaban J connectivity index is 2.05. The van der Waals surface area contributed by atoms with Crippen molar-refractivity contribution in [3.8, 4) is 0 Å². The van der Waals surface area contributed by atoms with Crippen LogP contribution in [0.2, 0.25) is 0 Å². The average molecular weight is 264 g/mol. The van der Waals surface area contributed by atoms with E-state index in [1.165, 1.54) is 0 Å². The molecule has 0 saturated heterocycles. The minimum absolute atomic E-state index is 0.288. The number of anilines is 2. The van der Waals surface area contributed by atoms with E-state index in [-0.39, 0.29) is 5.91 Å². The number of aromatic nitrogens is 2. The second-order valence-corrected chi connectivity index (χ2v) is 4.82. The maximum atomic E-state index is 10.7. The number of hydrogen-bond acceptors (Lipinski definition) is 6. The molecule has 1 aliphatic carbocycles. The topological polar surface area (TPSA) is 119 Å². The van der Waals surface area contributed by atoms with Gasteiger partial charge in [-0.15, -0.1) is 0 Å². The fourth-order valence-corrected chi connectivity index (χ4v) is 1.84. The fraction of sp³-hybridized carbons (Fsp3) is 0.583. The lowest BCUT2D eigenvalue weighted by molar-refractivity contribution is -0.118. The maximum absolute atomic E-state index is 10.7. The smallest absolute Gasteiger partial charge is 0.217 e. The van der Waals surface area contributed by atoms with Gasteiger partial charge in [0.1, 0.15) is 17.5 Å². The lowest BCUT2D eigenvalue weighted by Crippen LogP contribution is -2.16. The zero-order chi connectivity index (χ0) is 13.8. The molecule has 1 saturated carbocycles. The number of nitrogen functional groups attached to an aromatic ring is 1. The molecule has 0 aliphatic heterocycles. The molecule has 1 aliphatic rings. The molecular weight excluding hydrogens is 244 g/mol. The van der Waals surface area contributed by atoms with Gasteiger partial charge < -0.3 is 16.5 Å². The second-order valence-electron chi connectivity index (χ2n) is 4.82. The number of nitrogens with zero attached hydrogens (tertiary/aromatic N) is 2. The molecule has 104 valence electrons. The zero-order valence-corrected chi connectivity index (χ0v) is 11.1. The molecule has 1 amide bonds. The maximum Gasteiger partial charge on any atom is 0.217 e. The van der Waals surface area contributed by atoms with Crippen LogP contribution in [0.1, 0.15) is 43.0 Å². The molecule has 1 aromatic heterocycles. The van der Waals surface area contributed by atoms with Crippen LogP contribution in [0.4, 0.5) is 11.6 Å². The molecule has 0 radical (unpaired) electrons. The number of carbonyl (C=O) groups excluding carboxylic acids is 1. The lowest BCUT2D eigenvalue weighted by atomic mass is 10.2. The Bertz CT molecular complexity index is 472. The highest BCUT2D eigenvalue weighted by molar-refractivity contribution is 5.73. The first-order valence-corrected chi connectivity index (χ1v) is 6.49. The molecule has 0 bridgehead atoms. The van der Waals surface area contributed by atoms with Gasteiger partial charge in [0.2, 0.25) is 5.91 Å². The van der Waals surface area contributed by atoms with Crippen LogP contribution in [-0.2, 0) is 4.79 Å². The Hall–Kier alpha value is -1.89. The van der Waals surface area contributed by atoms with Crippen molar-refractivity contribution in [2.24, 2.45) is 11.6 Å². The third-order valence-corrected chi connectivity index (χ3v) is 3.13. The first kappa shape index (κ1) is 13.5. The van der Waals surface area contributed by atoms with Crippen LogP contribution < -0.4 is 22.3 Å². The summed E-state index contributed by atoms with van der Waals surface area (Å²) in [5, 5.41) is 3.21. The molecule has 0 spiro atoms. The summed E-state index contributed by atoms with van der Waals surface area (Å²) >= 11 is 0. The monoisotopic (exact) mass is 264 g/mol. The molecule has 7 heteroatoms. The van der Waals surface area contributed by atoms with Gasteiger partial charge in [-0.05, 0) is 26.2 Å². The van der Waals surface area contributed by atoms with Gasteiger partial charge >= 0.3 is 0 Å². The number of carbonyl (C=O) groups is 1. The largest absolute Gasteiger partial charge is 0.370 e. The van der Waals surface area contributed by atoms with Gasteiger partial charge in [0, 0.05) is 24.4 Å². The number of nitrogens with one attached hydrogen (secondary N) is 2. The van der Waals surface area contributed by atoms with E-state index in [1.54, 1.807) is 0 Å². The van der Waals surface area contributed by atoms with Crippen LogP contribution in [0.25, 0.3) is 0 Å². The summed E-state index contributed by atoms with van der Waals surface area (Å²) in [5.74, 6) is 7.89. The Morgan fingerprint density at radius 1 is 1.37 bits per heavy atom. The molecule has 1 fully saturated rings. The van der Waals surface area contributed by atoms with Crippen molar-refractivity contribution in [2.45, 2.75) is 38.5 Å². The number of amides is 1. The van der Waals surface area contributed by atoms with E-state index >= 15 is 0 Å². The van der Waals surface area contributed by atoms with Crippen molar-refractivity contribution < 1.29 is 4.79 Å². The van der Waals surface area contributed by atoms with Gasteiger partial charge in [-0.3, -0.25) is 4.79 Å². The van der Waals surface area contributed by atoms with E-state index in [2.05, 4.69) is 20.7 Å². The van der Waals surface area contributed by atoms with E-state index in [4.69, 9.17) is 11.6 Å². The van der Waals surface area contributed by atoms with E-state index in [0.29, 0.717) is 31.1 Å². The summed E-state index contributed by atoms with van der Waals surface area (Å²) in [7, 11) is 0. The summed E-state index contributed by atoms with van der Waals surface area (Å²) in [6.07, 6.45) is 3.32. The summed E-state index contributed by atoms with van der Waals surface area (Å²) < 4.78 is 0. The van der Waals surface area contributed by atoms with Gasteiger partial charge in [0.25, 0.3) is 0 Å². The van der Waals surface area contributed by atoms with Gasteiger partial charge in [0.15, 0.2) is 0 Å². The standard InChI is InChI=1S/C12H20N6O/c1-7-10(15-6-2-3-9(13)19)16-12(8-4-5-8)17-11(7)18-14/h8H,2-6,14H2,1H3,(H2,13,19)(H2,15,16,17,18). The molecule has 0 unspecified atom stereocenters. The van der Waals surface area contributed by atoms with E-state index in [1.807, 2.05) is 6.92 Å². The molecule has 2 rings (SSSR count). The van der Waals surface area contributed by atoms with Gasteiger partial charge in [-0.2, -0.15) is 0 Å². The minimum atomic E-state index is -0.288. The van der Waals surface area contributed by atoms with Crippen molar-refractivity contribution in [2.75, 3.05) is 17.3 Å². The Kier molecular flexibility index (Phi) is 4.16. The molecule has 19 heavy (non-hydrogen) atoms. The van der Waals surface area contributed by atoms with Crippen LogP contribution in [0.5, 0.6) is 0 Å². The van der Waals surface area contributed by atoms with Crippen molar-refractivity contribution in [3.05, 3.63) is 11.4 Å². The fourth-order valence-electron chi connectivity index (χ4n) is 1.84. The van der Waals surface area contributed by atoms with E-state index in [0.717, 1.165) is 30.0 Å². The Morgan fingerprint density at radius 2 is 2.05 bits per heavy atom. The minimum Gasteiger partial charge on any atom is -0.370 e. The van der Waals surface area contributed by atoms with Gasteiger partial charge in [0.05, 0.1) is 0 Å². The summed E-state index contributed by atoms with van der Waals surface area (Å²) in [6.45, 7) is 2.55. The number of primary amides is 1. The Morgan fingerprint density at radius 3 is 2.63 bits per heavy atom. The van der Waals surface area contributed by atoms with Crippen molar-refractivity contribution in [3.63, 3.8) is 0 Å². The third kappa shape index (κ3) is 3.54. The number of rotatable bonds is 7. The first-order valence-electron chi connectivity index (χ1n) is 6.49. The number of nitrogens with two attached hydrogens (primary N) is 2. The van der Waals surface area contributed by atoms with Crippen LogP contribution in [-0.4, -0.2) is 22.4 Å². The highest BCUT2D eigenvalue weighted by Crippen LogP contribution is 2.39. The highest BCUT2D eigenvalue weighted by atomic mass is 16.1. The third-order valence-electron chi connectivity index (χ3n) is 3.13. The lowest BCUT2D eigenvalue weighted by Gasteiger charge is -2.13. The normalized spacial score (nSPS) is 14.2. The number of hydrazine groups is 1. The first-order chi connectivity index (χ1) is 9.11. The number of hydrogen-bond donors (Lipinski definition) is 4. The summed E-state index contributed by atoms with van der Waals surface area (Å²) in [4.78, 5) is 19.6. The van der Waals surface area contributed by atoms with Crippen LogP contribution in [0, 0.1) is 6.92 Å². The summed E-state index contributed by atoms with van der Waals surface area (Å²) in [5.41, 5.74) is 8.58. The molecular formula is C12H20N6O. The second kappa shape index (κ2) is 5.83. The Labute approximate surface area is 112 Å². The summed E-state index contributed by atoms with van der Waals surface area (Å²) in [6, 6.07) is 0. The van der Waals surface area contributed by atoms with Crippen LogP contribution in [0.3, 0.4) is 0 Å². The van der Waals surface area contributed by atoms with E-state index < -0.39 is 0 Å². The molecule has 1 heterocycles. The van der Waals surface area contributed by atoms with Crippen molar-refractivity contribution >= 4 is 17.5 Å². The van der Waals surface area contributed by atoms with Gasteiger partial charge in [-0.25, -0.2) is 15.8 Å². The molecule has 7 nitrogen and oxygen atoms in total. The predicted octanol–water partition coefficient (Wildman–Crippen LogP) is 0.625. The van der Waals surface area contributed by atoms with Crippen molar-refractivity contribution in [1.29, 1.82) is 0 Å². The van der Waals surface area contributed by atoms with Crippen LogP contribution in [0.15, 0.2) is 0 Å². The van der Waals surface area contributed by atoms with Crippen LogP contribution >= 0.6 is 0 Å². The molecule has 0 aromatic carbocycles. The average Bonchev–Trinajstić information content (AvgIpc) is 3.20. The van der Waals surface area contributed by atoms with E-state index in [9.17, 15) is 4.79 Å². The predicted molar refractivity (Wildman–Crippen MR) is 73.5 cm³/mol. The highest BCUT2D eigenvalue weighted by Gasteiger charge is 2.28. The SMILES string of the molecule is Cc1c(NN)nc(C2CC2)nc1NCCCC(N)=O. The zero-order valence-electron chi connectivity index (χ0n) is 11.1.